The third kappa shape index (κ3) is 14.4. The Hall–Kier alpha value is -5.54. The van der Waals surface area contributed by atoms with E-state index in [1.54, 1.807) is 54.6 Å². The zero-order valence-electron chi connectivity index (χ0n) is 27.4. The number of hydrogen-bond donors (Lipinski definition) is 5. The average Bonchev–Trinajstić information content (AvgIpc) is 3.40. The molecule has 0 spiro atoms. The smallest absolute Gasteiger partial charge is 0.243 e. The lowest BCUT2D eigenvalue weighted by Crippen LogP contribution is -2.52. The molecule has 0 saturated carbocycles. The molecule has 15 nitrogen and oxygen atoms in total. The highest BCUT2D eigenvalue weighted by atomic mass is 16.5. The monoisotopic (exact) mass is 676 g/mol. The fourth-order valence-electron chi connectivity index (χ4n) is 4.78. The SMILES string of the molecule is BC(=O)OCc1ccc(NC(=O)CNC(=O)[C@H](Cc2ccccc2)NC(=O)CNC(=O)CNC(=O)CCCCCN2C(=O)CCC2=O)cc1. The third-order valence-corrected chi connectivity index (χ3v) is 7.37. The van der Waals surface area contributed by atoms with Gasteiger partial charge in [-0.05, 0) is 36.1 Å². The van der Waals surface area contributed by atoms with Crippen molar-refractivity contribution in [3.63, 3.8) is 0 Å². The van der Waals surface area contributed by atoms with Crippen molar-refractivity contribution in [1.29, 1.82) is 0 Å². The Morgan fingerprint density at radius 2 is 1.35 bits per heavy atom. The predicted octanol–water partition coefficient (Wildman–Crippen LogP) is -0.320. The minimum Gasteiger partial charge on any atom is -0.469 e. The van der Waals surface area contributed by atoms with E-state index in [1.807, 2.05) is 0 Å². The van der Waals surface area contributed by atoms with Crippen LogP contribution in [0.3, 0.4) is 0 Å². The van der Waals surface area contributed by atoms with Crippen LogP contribution in [-0.2, 0) is 51.3 Å². The van der Waals surface area contributed by atoms with Crippen molar-refractivity contribution in [2.24, 2.45) is 0 Å². The molecule has 0 unspecified atom stereocenters. The standard InChI is InChI=1S/C33H41BN6O9/c34-33(48)49-21-23-10-12-24(13-11-23)38-28(43)20-37-32(47)25(17-22-7-3-1-4-8-22)39-29(44)19-36-27(42)18-35-26(41)9-5-2-6-16-40-30(45)14-15-31(40)46/h1,3-4,7-8,10-13,25H,2,5-6,9,14-21,34H2,(H,35,41)(H,36,42)(H,37,47)(H,38,43)(H,39,44)/t25-/m0/s1. The maximum absolute atomic E-state index is 13.0. The molecule has 3 rings (SSSR count). The van der Waals surface area contributed by atoms with Crippen molar-refractivity contribution in [1.82, 2.24) is 26.2 Å². The van der Waals surface area contributed by atoms with Gasteiger partial charge >= 0.3 is 0 Å². The molecule has 5 N–H and O–H groups in total. The number of nitrogens with one attached hydrogen (secondary N) is 5. The van der Waals surface area contributed by atoms with Crippen LogP contribution in [-0.4, -0.2) is 92.2 Å². The Bertz CT molecular complexity index is 1490. The van der Waals surface area contributed by atoms with Crippen molar-refractivity contribution < 1.29 is 43.1 Å². The van der Waals surface area contributed by atoms with E-state index in [0.717, 1.165) is 11.1 Å². The van der Waals surface area contributed by atoms with Gasteiger partial charge in [0.05, 0.1) is 19.6 Å². The van der Waals surface area contributed by atoms with Gasteiger partial charge in [-0.2, -0.15) is 0 Å². The van der Waals surface area contributed by atoms with Crippen molar-refractivity contribution in [3.05, 3.63) is 65.7 Å². The van der Waals surface area contributed by atoms with Crippen LogP contribution in [0.5, 0.6) is 0 Å². The Balaban J connectivity index is 1.38. The van der Waals surface area contributed by atoms with E-state index < -0.39 is 42.1 Å². The highest BCUT2D eigenvalue weighted by Crippen LogP contribution is 2.13. The molecular formula is C33H41BN6O9. The van der Waals surface area contributed by atoms with E-state index in [2.05, 4.69) is 26.6 Å². The van der Waals surface area contributed by atoms with Crippen LogP contribution in [0.4, 0.5) is 10.5 Å². The van der Waals surface area contributed by atoms with Crippen LogP contribution in [0.2, 0.25) is 0 Å². The lowest BCUT2D eigenvalue weighted by Gasteiger charge is -2.19. The van der Waals surface area contributed by atoms with Crippen LogP contribution in [0.25, 0.3) is 0 Å². The first-order valence-electron chi connectivity index (χ1n) is 16.0. The van der Waals surface area contributed by atoms with Crippen LogP contribution in [0, 0.1) is 0 Å². The summed E-state index contributed by atoms with van der Waals surface area (Å²) < 4.78 is 4.93. The number of hydrogen-bond acceptors (Lipinski definition) is 9. The molecule has 49 heavy (non-hydrogen) atoms. The van der Waals surface area contributed by atoms with Gasteiger partial charge in [-0.1, -0.05) is 48.9 Å². The summed E-state index contributed by atoms with van der Waals surface area (Å²) in [7, 11) is 1.31. The minimum atomic E-state index is -1.05. The lowest BCUT2D eigenvalue weighted by molar-refractivity contribution is -0.138. The predicted molar refractivity (Wildman–Crippen MR) is 179 cm³/mol. The van der Waals surface area contributed by atoms with Gasteiger partial charge in [-0.15, -0.1) is 0 Å². The van der Waals surface area contributed by atoms with Crippen LogP contribution in [0.1, 0.15) is 49.7 Å². The first-order chi connectivity index (χ1) is 23.5. The quantitative estimate of drug-likeness (QED) is 0.0749. The number of rotatable bonds is 19. The number of anilines is 1. The summed E-state index contributed by atoms with van der Waals surface area (Å²) in [4.78, 5) is 98.0. The number of ether oxygens (including phenoxy) is 1. The topological polar surface area (TPSA) is 209 Å². The molecule has 2 aromatic carbocycles. The zero-order valence-corrected chi connectivity index (χ0v) is 27.4. The van der Waals surface area contributed by atoms with E-state index in [4.69, 9.17) is 4.74 Å². The van der Waals surface area contributed by atoms with E-state index >= 15 is 0 Å². The Morgan fingerprint density at radius 3 is 2.02 bits per heavy atom. The average molecular weight is 677 g/mol. The van der Waals surface area contributed by atoms with Gasteiger partial charge in [-0.3, -0.25) is 43.3 Å². The molecule has 0 aliphatic carbocycles. The summed E-state index contributed by atoms with van der Waals surface area (Å²) in [5.41, 5.74) is 1.96. The summed E-state index contributed by atoms with van der Waals surface area (Å²) in [5, 5.41) is 12.6. The number of carbonyl (C=O) groups is 8. The highest BCUT2D eigenvalue weighted by Gasteiger charge is 2.28. The van der Waals surface area contributed by atoms with Crippen LogP contribution >= 0.6 is 0 Å². The van der Waals surface area contributed by atoms with Gasteiger partial charge in [0.25, 0.3) is 0 Å². The number of nitrogens with zero attached hydrogens (tertiary/aromatic N) is 1. The molecule has 1 aliphatic rings. The maximum Gasteiger partial charge on any atom is 0.243 e. The highest BCUT2D eigenvalue weighted by molar-refractivity contribution is 6.55. The maximum atomic E-state index is 13.0. The molecule has 16 heteroatoms. The van der Waals surface area contributed by atoms with E-state index in [9.17, 15) is 38.4 Å². The van der Waals surface area contributed by atoms with Crippen molar-refractivity contribution >= 4 is 60.8 Å². The largest absolute Gasteiger partial charge is 0.469 e. The van der Waals surface area contributed by atoms with E-state index in [1.165, 1.54) is 12.7 Å². The molecule has 0 radical (unpaired) electrons. The van der Waals surface area contributed by atoms with Gasteiger partial charge in [0.15, 0.2) is 0 Å². The summed E-state index contributed by atoms with van der Waals surface area (Å²) in [6.45, 7) is -0.727. The number of unbranched alkanes of at least 4 members (excludes halogenated alkanes) is 2. The van der Waals surface area contributed by atoms with Crippen LogP contribution in [0.15, 0.2) is 54.6 Å². The molecule has 0 bridgehead atoms. The summed E-state index contributed by atoms with van der Waals surface area (Å²) >= 11 is 0. The number of carbonyl (C=O) groups excluding carboxylic acids is 8. The van der Waals surface area contributed by atoms with Crippen molar-refractivity contribution in [2.75, 3.05) is 31.5 Å². The van der Waals surface area contributed by atoms with E-state index in [0.29, 0.717) is 31.5 Å². The van der Waals surface area contributed by atoms with Gasteiger partial charge in [0.1, 0.15) is 12.6 Å². The number of likely N-dealkylation sites (tertiary alicyclic amines) is 1. The Kier molecular flexibility index (Phi) is 15.5. The van der Waals surface area contributed by atoms with E-state index in [-0.39, 0.29) is 63.1 Å². The van der Waals surface area contributed by atoms with Gasteiger partial charge in [0.2, 0.25) is 55.1 Å². The first kappa shape index (κ1) is 37.9. The molecule has 1 fully saturated rings. The van der Waals surface area contributed by atoms with Crippen molar-refractivity contribution in [3.8, 4) is 0 Å². The first-order valence-corrected chi connectivity index (χ1v) is 16.0. The molecule has 1 saturated heterocycles. The van der Waals surface area contributed by atoms with Crippen molar-refractivity contribution in [2.45, 2.75) is 57.6 Å². The number of amides is 7. The van der Waals surface area contributed by atoms with Crippen LogP contribution < -0.4 is 26.6 Å². The molecule has 1 atom stereocenters. The lowest BCUT2D eigenvalue weighted by atomic mass is 10.1. The second kappa shape index (κ2) is 20.0. The normalized spacial score (nSPS) is 12.9. The fourth-order valence-corrected chi connectivity index (χ4v) is 4.78. The molecule has 1 aliphatic heterocycles. The summed E-state index contributed by atoms with van der Waals surface area (Å²) in [6.07, 6.45) is 2.52. The molecule has 2 aromatic rings. The molecule has 0 aromatic heterocycles. The Morgan fingerprint density at radius 1 is 0.714 bits per heavy atom. The summed E-state index contributed by atoms with van der Waals surface area (Å²) in [5.74, 6) is -3.47. The third-order valence-electron chi connectivity index (χ3n) is 7.37. The molecular weight excluding hydrogens is 635 g/mol. The van der Waals surface area contributed by atoms with Gasteiger partial charge in [0, 0.05) is 37.9 Å². The Labute approximate surface area is 284 Å². The minimum absolute atomic E-state index is 0.103. The molecule has 7 amide bonds. The number of benzene rings is 2. The number of imide groups is 1. The van der Waals surface area contributed by atoms with Gasteiger partial charge in [-0.25, -0.2) is 0 Å². The zero-order chi connectivity index (χ0) is 35.6. The second-order valence-electron chi connectivity index (χ2n) is 11.4. The summed E-state index contributed by atoms with van der Waals surface area (Å²) in [6, 6.07) is 14.5. The molecule has 1 heterocycles. The van der Waals surface area contributed by atoms with Gasteiger partial charge < -0.3 is 31.3 Å². The molecule has 260 valence electrons. The fraction of sp³-hybridized carbons (Fsp3) is 0.394. The second-order valence-corrected chi connectivity index (χ2v) is 11.4.